The Bertz CT molecular complexity index is 329. The second-order valence-corrected chi connectivity index (χ2v) is 5.09. The Kier molecular flexibility index (Phi) is 4.72. The molecule has 0 spiro atoms. The number of hydrogen-bond acceptors (Lipinski definition) is 1. The highest BCUT2D eigenvalue weighted by atomic mass is 16.1. The first-order chi connectivity index (χ1) is 7.49. The molecule has 0 saturated carbocycles. The predicted octanol–water partition coefficient (Wildman–Crippen LogP) is 4.07. The van der Waals surface area contributed by atoms with Crippen LogP contribution in [0.5, 0.6) is 0 Å². The second kappa shape index (κ2) is 5.83. The molecular formula is C15H22O. The zero-order valence-electron chi connectivity index (χ0n) is 10.6. The van der Waals surface area contributed by atoms with E-state index in [0.29, 0.717) is 18.3 Å². The highest BCUT2D eigenvalue weighted by Gasteiger charge is 2.19. The van der Waals surface area contributed by atoms with Crippen LogP contribution in [-0.2, 0) is 4.79 Å². The van der Waals surface area contributed by atoms with Gasteiger partial charge in [0.25, 0.3) is 0 Å². The molecule has 88 valence electrons. The van der Waals surface area contributed by atoms with Crippen LogP contribution in [0.15, 0.2) is 36.0 Å². The van der Waals surface area contributed by atoms with Gasteiger partial charge in [-0.2, -0.15) is 0 Å². The first kappa shape index (κ1) is 13.0. The Morgan fingerprint density at radius 2 is 2.31 bits per heavy atom. The topological polar surface area (TPSA) is 17.1 Å². The molecule has 0 amide bonds. The monoisotopic (exact) mass is 218 g/mol. The van der Waals surface area contributed by atoms with Gasteiger partial charge in [0.2, 0.25) is 0 Å². The molecule has 0 aromatic carbocycles. The van der Waals surface area contributed by atoms with Crippen LogP contribution in [0.4, 0.5) is 0 Å². The van der Waals surface area contributed by atoms with Crippen molar-refractivity contribution < 1.29 is 4.79 Å². The molecule has 0 aromatic heterocycles. The first-order valence-electron chi connectivity index (χ1n) is 6.02. The maximum atomic E-state index is 11.7. The zero-order chi connectivity index (χ0) is 12.1. The molecule has 1 rings (SSSR count). The van der Waals surface area contributed by atoms with Crippen molar-refractivity contribution in [2.45, 2.75) is 40.0 Å². The van der Waals surface area contributed by atoms with Crippen molar-refractivity contribution in [3.63, 3.8) is 0 Å². The average molecular weight is 218 g/mol. The number of allylic oxidation sites excluding steroid dienone is 5. The Balaban J connectivity index is 2.50. The Morgan fingerprint density at radius 3 is 2.81 bits per heavy atom. The predicted molar refractivity (Wildman–Crippen MR) is 69.2 cm³/mol. The second-order valence-electron chi connectivity index (χ2n) is 5.09. The summed E-state index contributed by atoms with van der Waals surface area (Å²) in [5, 5.41) is 0. The van der Waals surface area contributed by atoms with Crippen molar-refractivity contribution in [2.75, 3.05) is 0 Å². The summed E-state index contributed by atoms with van der Waals surface area (Å²) >= 11 is 0. The largest absolute Gasteiger partial charge is 0.295 e. The minimum Gasteiger partial charge on any atom is -0.295 e. The lowest BCUT2D eigenvalue weighted by molar-refractivity contribution is -0.115. The van der Waals surface area contributed by atoms with Crippen LogP contribution >= 0.6 is 0 Å². The first-order valence-corrected chi connectivity index (χ1v) is 6.02. The summed E-state index contributed by atoms with van der Waals surface area (Å²) < 4.78 is 0. The summed E-state index contributed by atoms with van der Waals surface area (Å²) in [6.07, 6.45) is 8.94. The third kappa shape index (κ3) is 4.18. The van der Waals surface area contributed by atoms with Crippen LogP contribution < -0.4 is 0 Å². The fourth-order valence-electron chi connectivity index (χ4n) is 2.12. The van der Waals surface area contributed by atoms with E-state index in [1.807, 2.05) is 13.8 Å². The van der Waals surface area contributed by atoms with E-state index in [9.17, 15) is 4.79 Å². The summed E-state index contributed by atoms with van der Waals surface area (Å²) in [6, 6.07) is 0. The highest BCUT2D eigenvalue weighted by molar-refractivity contribution is 5.90. The molecule has 0 saturated heterocycles. The van der Waals surface area contributed by atoms with Crippen molar-refractivity contribution in [1.82, 2.24) is 0 Å². The molecule has 0 N–H and O–H groups in total. The van der Waals surface area contributed by atoms with Crippen molar-refractivity contribution >= 4 is 5.78 Å². The van der Waals surface area contributed by atoms with Gasteiger partial charge in [-0.15, -0.1) is 0 Å². The van der Waals surface area contributed by atoms with E-state index in [4.69, 9.17) is 0 Å². The lowest BCUT2D eigenvalue weighted by Crippen LogP contribution is -2.15. The van der Waals surface area contributed by atoms with Crippen molar-refractivity contribution in [2.24, 2.45) is 11.8 Å². The average Bonchev–Trinajstić information content (AvgIpc) is 2.16. The van der Waals surface area contributed by atoms with E-state index in [-0.39, 0.29) is 5.78 Å². The minimum absolute atomic E-state index is 0.255. The fourth-order valence-corrected chi connectivity index (χ4v) is 2.12. The van der Waals surface area contributed by atoms with Crippen molar-refractivity contribution in [3.8, 4) is 0 Å². The van der Waals surface area contributed by atoms with Gasteiger partial charge in [-0.3, -0.25) is 4.79 Å². The summed E-state index contributed by atoms with van der Waals surface area (Å²) in [5.74, 6) is 1.23. The van der Waals surface area contributed by atoms with Gasteiger partial charge < -0.3 is 0 Å². The Morgan fingerprint density at radius 1 is 1.62 bits per heavy atom. The van der Waals surface area contributed by atoms with Gasteiger partial charge in [0.15, 0.2) is 5.78 Å². The lowest BCUT2D eigenvalue weighted by atomic mass is 9.82. The number of hydrogen-bond donors (Lipinski definition) is 0. The molecular weight excluding hydrogens is 196 g/mol. The van der Waals surface area contributed by atoms with Gasteiger partial charge in [-0.05, 0) is 44.6 Å². The molecule has 0 bridgehead atoms. The van der Waals surface area contributed by atoms with Crippen LogP contribution in [0, 0.1) is 11.8 Å². The van der Waals surface area contributed by atoms with Crippen LogP contribution in [-0.4, -0.2) is 5.78 Å². The van der Waals surface area contributed by atoms with Gasteiger partial charge in [0.05, 0.1) is 0 Å². The van der Waals surface area contributed by atoms with Crippen molar-refractivity contribution in [1.29, 1.82) is 0 Å². The Hall–Kier alpha value is -1.11. The van der Waals surface area contributed by atoms with Crippen LogP contribution in [0.25, 0.3) is 0 Å². The van der Waals surface area contributed by atoms with E-state index in [1.165, 1.54) is 5.57 Å². The summed E-state index contributed by atoms with van der Waals surface area (Å²) in [5.41, 5.74) is 2.30. The fraction of sp³-hybridized carbons (Fsp3) is 0.533. The van der Waals surface area contributed by atoms with E-state index < -0.39 is 0 Å². The van der Waals surface area contributed by atoms with Gasteiger partial charge in [-0.1, -0.05) is 36.8 Å². The maximum Gasteiger partial charge on any atom is 0.155 e. The highest BCUT2D eigenvalue weighted by Crippen LogP contribution is 2.28. The van der Waals surface area contributed by atoms with E-state index in [2.05, 4.69) is 25.7 Å². The van der Waals surface area contributed by atoms with Crippen LogP contribution in [0.1, 0.15) is 40.0 Å². The third-order valence-electron chi connectivity index (χ3n) is 3.08. The molecule has 0 aromatic rings. The number of carbonyl (C=O) groups excluding carboxylic acids is 1. The van der Waals surface area contributed by atoms with E-state index >= 15 is 0 Å². The molecule has 0 aliphatic heterocycles. The molecule has 16 heavy (non-hydrogen) atoms. The van der Waals surface area contributed by atoms with Gasteiger partial charge in [0.1, 0.15) is 0 Å². The number of carbonyl (C=O) groups is 1. The zero-order valence-corrected chi connectivity index (χ0v) is 10.6. The van der Waals surface area contributed by atoms with E-state index in [1.54, 1.807) is 6.08 Å². The maximum absolute atomic E-state index is 11.7. The number of ketones is 1. The molecule has 1 aliphatic carbocycles. The normalized spacial score (nSPS) is 21.7. The van der Waals surface area contributed by atoms with Crippen molar-refractivity contribution in [3.05, 3.63) is 36.0 Å². The minimum atomic E-state index is 0.255. The molecule has 0 fully saturated rings. The van der Waals surface area contributed by atoms with Crippen LogP contribution in [0.2, 0.25) is 0 Å². The quantitative estimate of drug-likeness (QED) is 0.650. The number of rotatable bonds is 4. The molecule has 0 radical (unpaired) electrons. The van der Waals surface area contributed by atoms with Gasteiger partial charge in [0, 0.05) is 6.42 Å². The lowest BCUT2D eigenvalue weighted by Gasteiger charge is -2.23. The smallest absolute Gasteiger partial charge is 0.155 e. The summed E-state index contributed by atoms with van der Waals surface area (Å²) in [4.78, 5) is 11.7. The molecule has 2 atom stereocenters. The molecule has 0 unspecified atom stereocenters. The van der Waals surface area contributed by atoms with Crippen LogP contribution in [0.3, 0.4) is 0 Å². The standard InChI is InChI=1S/C15H22O/c1-11(2)9-15(16)10-13(4)14-7-5-12(3)6-8-14/h5,7,9,13-14H,3,6,8,10H2,1-2,4H3/t13-,14-/m0/s1. The summed E-state index contributed by atoms with van der Waals surface area (Å²) in [6.45, 7) is 10.0. The Labute approximate surface area is 98.9 Å². The molecule has 1 heteroatoms. The molecule has 1 aliphatic rings. The molecule has 1 nitrogen and oxygen atoms in total. The molecule has 0 heterocycles. The SMILES string of the molecule is C=C1C=C[C@H]([C@@H](C)CC(=O)C=C(C)C)CC1. The van der Waals surface area contributed by atoms with Gasteiger partial charge >= 0.3 is 0 Å². The van der Waals surface area contributed by atoms with Gasteiger partial charge in [-0.25, -0.2) is 0 Å². The third-order valence-corrected chi connectivity index (χ3v) is 3.08. The van der Waals surface area contributed by atoms with E-state index in [0.717, 1.165) is 18.4 Å². The summed E-state index contributed by atoms with van der Waals surface area (Å²) in [7, 11) is 0.